The zero-order valence-electron chi connectivity index (χ0n) is 18.8. The molecule has 34 heavy (non-hydrogen) atoms. The summed E-state index contributed by atoms with van der Waals surface area (Å²) in [6.07, 6.45) is 3.60. The van der Waals surface area contributed by atoms with Crippen LogP contribution in [-0.4, -0.2) is 68.7 Å². The minimum atomic E-state index is -0.443. The Kier molecular flexibility index (Phi) is 5.19. The second-order valence-corrected chi connectivity index (χ2v) is 9.10. The van der Waals surface area contributed by atoms with Crippen molar-refractivity contribution < 1.29 is 9.59 Å². The molecule has 2 fully saturated rings. The van der Waals surface area contributed by atoms with Gasteiger partial charge >= 0.3 is 0 Å². The Bertz CT molecular complexity index is 1400. The van der Waals surface area contributed by atoms with Crippen molar-refractivity contribution in [3.8, 4) is 0 Å². The molecular formula is C27H25N5O2. The highest BCUT2D eigenvalue weighted by molar-refractivity contribution is 5.95. The Labute approximate surface area is 197 Å². The average Bonchev–Trinajstić information content (AvgIpc) is 2.87. The predicted molar refractivity (Wildman–Crippen MR) is 130 cm³/mol. The first kappa shape index (κ1) is 20.7. The first-order valence-corrected chi connectivity index (χ1v) is 11.6. The van der Waals surface area contributed by atoms with Crippen molar-refractivity contribution in [1.82, 2.24) is 24.7 Å². The fourth-order valence-electron chi connectivity index (χ4n) is 5.06. The standard InChI is InChI=1S/C27H25N5O2/c33-26-18-31(16-20-12-22-4-1-2-6-23(22)29-14-20)27(34)25-17-30(10-11-32(25)26)15-19-7-8-21-5-3-9-28-24(21)13-19/h1-9,12-14,25H,10-11,15-18H2. The number of aromatic nitrogens is 2. The zero-order chi connectivity index (χ0) is 23.1. The van der Waals surface area contributed by atoms with E-state index in [1.807, 2.05) is 36.4 Å². The van der Waals surface area contributed by atoms with Gasteiger partial charge in [-0.1, -0.05) is 36.4 Å². The lowest BCUT2D eigenvalue weighted by Crippen LogP contribution is -2.66. The summed E-state index contributed by atoms with van der Waals surface area (Å²) in [5, 5.41) is 2.15. The molecular weight excluding hydrogens is 426 g/mol. The van der Waals surface area contributed by atoms with Gasteiger partial charge in [-0.2, -0.15) is 0 Å². The highest BCUT2D eigenvalue weighted by Crippen LogP contribution is 2.23. The van der Waals surface area contributed by atoms with E-state index in [4.69, 9.17) is 0 Å². The Morgan fingerprint density at radius 2 is 1.71 bits per heavy atom. The zero-order valence-corrected chi connectivity index (χ0v) is 18.8. The van der Waals surface area contributed by atoms with Crippen LogP contribution in [0.2, 0.25) is 0 Å². The predicted octanol–water partition coefficient (Wildman–Crippen LogP) is 2.84. The van der Waals surface area contributed by atoms with E-state index in [1.54, 1.807) is 22.2 Å². The molecule has 2 aliphatic heterocycles. The lowest BCUT2D eigenvalue weighted by molar-refractivity contribution is -0.160. The van der Waals surface area contributed by atoms with Crippen LogP contribution in [0.3, 0.4) is 0 Å². The summed E-state index contributed by atoms with van der Waals surface area (Å²) in [6, 6.07) is 19.8. The highest BCUT2D eigenvalue weighted by Gasteiger charge is 2.42. The van der Waals surface area contributed by atoms with Gasteiger partial charge in [-0.15, -0.1) is 0 Å². The van der Waals surface area contributed by atoms with E-state index in [-0.39, 0.29) is 18.4 Å². The molecule has 0 radical (unpaired) electrons. The van der Waals surface area contributed by atoms with E-state index >= 15 is 0 Å². The number of amides is 2. The van der Waals surface area contributed by atoms with Crippen LogP contribution in [-0.2, 0) is 22.7 Å². The Morgan fingerprint density at radius 1 is 0.824 bits per heavy atom. The second kappa shape index (κ2) is 8.50. The molecule has 1 unspecified atom stereocenters. The first-order valence-electron chi connectivity index (χ1n) is 11.6. The molecule has 7 heteroatoms. The van der Waals surface area contributed by atoms with Gasteiger partial charge in [0, 0.05) is 55.9 Å². The molecule has 2 aromatic carbocycles. The fraction of sp³-hybridized carbons (Fsp3) is 0.259. The van der Waals surface area contributed by atoms with E-state index in [0.717, 1.165) is 46.0 Å². The van der Waals surface area contributed by atoms with Crippen LogP contribution >= 0.6 is 0 Å². The van der Waals surface area contributed by atoms with Gasteiger partial charge in [-0.3, -0.25) is 24.5 Å². The van der Waals surface area contributed by atoms with E-state index < -0.39 is 6.04 Å². The topological polar surface area (TPSA) is 69.6 Å². The monoisotopic (exact) mass is 451 g/mol. The maximum atomic E-state index is 13.4. The number of carbonyl (C=O) groups is 2. The number of rotatable bonds is 4. The van der Waals surface area contributed by atoms with Gasteiger partial charge in [-0.25, -0.2) is 0 Å². The van der Waals surface area contributed by atoms with Crippen LogP contribution < -0.4 is 0 Å². The van der Waals surface area contributed by atoms with Crippen molar-refractivity contribution in [1.29, 1.82) is 0 Å². The normalized spacial score (nSPS) is 19.1. The molecule has 2 aromatic heterocycles. The van der Waals surface area contributed by atoms with Crippen LogP contribution in [0.1, 0.15) is 11.1 Å². The van der Waals surface area contributed by atoms with Crippen LogP contribution in [0.5, 0.6) is 0 Å². The summed E-state index contributed by atoms with van der Waals surface area (Å²) >= 11 is 0. The lowest BCUT2D eigenvalue weighted by atomic mass is 10.0. The minimum Gasteiger partial charge on any atom is -0.327 e. The van der Waals surface area contributed by atoms with Gasteiger partial charge in [0.15, 0.2) is 0 Å². The van der Waals surface area contributed by atoms with E-state index in [0.29, 0.717) is 19.6 Å². The number of hydrogen-bond donors (Lipinski definition) is 0. The molecule has 170 valence electrons. The largest absolute Gasteiger partial charge is 0.327 e. The molecule has 0 N–H and O–H groups in total. The maximum absolute atomic E-state index is 13.4. The second-order valence-electron chi connectivity index (χ2n) is 9.10. The van der Waals surface area contributed by atoms with Gasteiger partial charge in [0.2, 0.25) is 11.8 Å². The van der Waals surface area contributed by atoms with E-state index in [2.05, 4.69) is 39.1 Å². The van der Waals surface area contributed by atoms with Crippen molar-refractivity contribution >= 4 is 33.6 Å². The minimum absolute atomic E-state index is 0.0117. The molecule has 0 bridgehead atoms. The molecule has 6 rings (SSSR count). The number of hydrogen-bond acceptors (Lipinski definition) is 5. The van der Waals surface area contributed by atoms with Crippen LogP contribution in [0.15, 0.2) is 73.1 Å². The summed E-state index contributed by atoms with van der Waals surface area (Å²) in [5.41, 5.74) is 3.99. The molecule has 2 aliphatic rings. The number of nitrogens with zero attached hydrogens (tertiary/aromatic N) is 5. The Balaban J connectivity index is 1.18. The maximum Gasteiger partial charge on any atom is 0.247 e. The summed E-state index contributed by atoms with van der Waals surface area (Å²) in [4.78, 5) is 41.0. The van der Waals surface area contributed by atoms with E-state index in [9.17, 15) is 9.59 Å². The average molecular weight is 452 g/mol. The summed E-state index contributed by atoms with van der Waals surface area (Å²) in [7, 11) is 0. The molecule has 7 nitrogen and oxygen atoms in total. The number of pyridine rings is 2. The number of benzene rings is 2. The van der Waals surface area contributed by atoms with Crippen molar-refractivity contribution in [3.63, 3.8) is 0 Å². The number of fused-ring (bicyclic) bond motifs is 3. The molecule has 2 amide bonds. The highest BCUT2D eigenvalue weighted by atomic mass is 16.2. The van der Waals surface area contributed by atoms with Crippen LogP contribution in [0, 0.1) is 0 Å². The molecule has 0 aliphatic carbocycles. The number of piperazine rings is 2. The third-order valence-electron chi connectivity index (χ3n) is 6.80. The summed E-state index contributed by atoms with van der Waals surface area (Å²) in [5.74, 6) is 0.0329. The summed E-state index contributed by atoms with van der Waals surface area (Å²) < 4.78 is 0. The third-order valence-corrected chi connectivity index (χ3v) is 6.80. The Morgan fingerprint density at radius 3 is 2.65 bits per heavy atom. The van der Waals surface area contributed by atoms with Gasteiger partial charge in [0.25, 0.3) is 0 Å². The van der Waals surface area contributed by atoms with Gasteiger partial charge in [0.05, 0.1) is 11.0 Å². The molecule has 2 saturated heterocycles. The van der Waals surface area contributed by atoms with Gasteiger partial charge < -0.3 is 9.80 Å². The van der Waals surface area contributed by atoms with Gasteiger partial charge in [0.1, 0.15) is 12.6 Å². The smallest absolute Gasteiger partial charge is 0.247 e. The van der Waals surface area contributed by atoms with E-state index in [1.165, 1.54) is 0 Å². The summed E-state index contributed by atoms with van der Waals surface area (Å²) in [6.45, 7) is 3.11. The van der Waals surface area contributed by atoms with Crippen molar-refractivity contribution in [3.05, 3.63) is 84.2 Å². The first-order chi connectivity index (χ1) is 16.6. The number of para-hydroxylation sites is 1. The third kappa shape index (κ3) is 3.88. The quantitative estimate of drug-likeness (QED) is 0.477. The van der Waals surface area contributed by atoms with Gasteiger partial charge in [-0.05, 0) is 35.4 Å². The Hall–Kier alpha value is -3.84. The van der Waals surface area contributed by atoms with Crippen LogP contribution in [0.4, 0.5) is 0 Å². The molecule has 0 spiro atoms. The fourth-order valence-corrected chi connectivity index (χ4v) is 5.06. The SMILES string of the molecule is O=C1C2CN(Cc3ccc4cccnc4c3)CCN2C(=O)CN1Cc1cnc2ccccc2c1. The molecule has 4 aromatic rings. The molecule has 4 heterocycles. The molecule has 0 saturated carbocycles. The lowest BCUT2D eigenvalue weighted by Gasteiger charge is -2.46. The number of carbonyl (C=O) groups excluding carboxylic acids is 2. The van der Waals surface area contributed by atoms with Crippen molar-refractivity contribution in [2.75, 3.05) is 26.2 Å². The van der Waals surface area contributed by atoms with Crippen LogP contribution in [0.25, 0.3) is 21.8 Å². The van der Waals surface area contributed by atoms with Crippen molar-refractivity contribution in [2.24, 2.45) is 0 Å². The molecule has 1 atom stereocenters. The van der Waals surface area contributed by atoms with Crippen molar-refractivity contribution in [2.45, 2.75) is 19.1 Å².